The van der Waals surface area contributed by atoms with Gasteiger partial charge in [-0.05, 0) is 50.5 Å². The van der Waals surface area contributed by atoms with E-state index in [0.29, 0.717) is 25.1 Å². The van der Waals surface area contributed by atoms with Crippen LogP contribution in [0.4, 0.5) is 4.79 Å². The van der Waals surface area contributed by atoms with Gasteiger partial charge >= 0.3 is 6.09 Å². The van der Waals surface area contributed by atoms with E-state index in [4.69, 9.17) is 4.74 Å². The van der Waals surface area contributed by atoms with E-state index in [0.717, 1.165) is 24.0 Å². The summed E-state index contributed by atoms with van der Waals surface area (Å²) in [6.07, 6.45) is 7.86. The Bertz CT molecular complexity index is 789. The highest BCUT2D eigenvalue weighted by molar-refractivity contribution is 5.96. The van der Waals surface area contributed by atoms with Crippen LogP contribution in [0.1, 0.15) is 40.0 Å². The number of benzene rings is 1. The first-order chi connectivity index (χ1) is 12.9. The topological polar surface area (TPSA) is 66.8 Å². The lowest BCUT2D eigenvalue weighted by Gasteiger charge is -2.28. The van der Waals surface area contributed by atoms with Gasteiger partial charge in [0.25, 0.3) is 0 Å². The summed E-state index contributed by atoms with van der Waals surface area (Å²) in [4.78, 5) is 26.0. The van der Waals surface area contributed by atoms with Crippen molar-refractivity contribution in [3.05, 3.63) is 59.2 Å². The second-order valence-electron chi connectivity index (χ2n) is 6.66. The maximum absolute atomic E-state index is 12.5. The molecule has 0 radical (unpaired) electrons. The molecule has 144 valence electrons. The van der Waals surface area contributed by atoms with Crippen molar-refractivity contribution in [2.45, 2.75) is 40.0 Å². The lowest BCUT2D eigenvalue weighted by molar-refractivity contribution is -0.113. The minimum Gasteiger partial charge on any atom is -0.504 e. The zero-order valence-electron chi connectivity index (χ0n) is 16.2. The third-order valence-corrected chi connectivity index (χ3v) is 4.48. The Hall–Kier alpha value is -2.82. The van der Waals surface area contributed by atoms with E-state index in [1.54, 1.807) is 30.0 Å². The number of unbranched alkanes of at least 4 members (excludes halogenated alkanes) is 1. The zero-order valence-corrected chi connectivity index (χ0v) is 16.2. The van der Waals surface area contributed by atoms with Crippen molar-refractivity contribution in [1.82, 2.24) is 4.90 Å². The van der Waals surface area contributed by atoms with Gasteiger partial charge in [0, 0.05) is 18.7 Å². The second-order valence-corrected chi connectivity index (χ2v) is 6.66. The van der Waals surface area contributed by atoms with Crippen molar-refractivity contribution < 1.29 is 19.4 Å². The molecule has 0 atom stereocenters. The van der Waals surface area contributed by atoms with E-state index < -0.39 is 6.09 Å². The highest BCUT2D eigenvalue weighted by atomic mass is 16.6. The largest absolute Gasteiger partial charge is 0.504 e. The monoisotopic (exact) mass is 369 g/mol. The van der Waals surface area contributed by atoms with Crippen molar-refractivity contribution in [3.8, 4) is 11.5 Å². The highest BCUT2D eigenvalue weighted by Crippen LogP contribution is 2.26. The molecule has 1 aromatic carbocycles. The number of allylic oxidation sites excluding steroid dienone is 3. The Morgan fingerprint density at radius 2 is 2.04 bits per heavy atom. The summed E-state index contributed by atoms with van der Waals surface area (Å²) in [7, 11) is 0. The number of hydrogen-bond donors (Lipinski definition) is 1. The van der Waals surface area contributed by atoms with Crippen LogP contribution >= 0.6 is 0 Å². The van der Waals surface area contributed by atoms with E-state index in [9.17, 15) is 14.7 Å². The van der Waals surface area contributed by atoms with Gasteiger partial charge in [0.2, 0.25) is 0 Å². The van der Waals surface area contributed by atoms with Crippen LogP contribution in [0.25, 0.3) is 0 Å². The third kappa shape index (κ3) is 5.84. The van der Waals surface area contributed by atoms with Crippen LogP contribution in [0.5, 0.6) is 11.5 Å². The summed E-state index contributed by atoms with van der Waals surface area (Å²) in [5, 5.41) is 9.77. The molecule has 5 heteroatoms. The summed E-state index contributed by atoms with van der Waals surface area (Å²) >= 11 is 0. The quantitative estimate of drug-likeness (QED) is 0.578. The van der Waals surface area contributed by atoms with Gasteiger partial charge in [-0.1, -0.05) is 43.2 Å². The molecule has 1 heterocycles. The standard InChI is InChI=1S/C22H27NO4/c1-4-5-6-9-18(17(3)24)14-19-15-23(13-12-16(19)2)22(26)27-21-11-8-7-10-20(21)25/h6-11,14,25H,4-5,12-13,15H2,1-3H3/b9-6+,18-14+. The fourth-order valence-corrected chi connectivity index (χ4v) is 2.74. The number of rotatable bonds is 6. The van der Waals surface area contributed by atoms with Crippen LogP contribution < -0.4 is 4.74 Å². The molecule has 0 saturated heterocycles. The number of aromatic hydroxyl groups is 1. The molecular weight excluding hydrogens is 342 g/mol. The maximum Gasteiger partial charge on any atom is 0.415 e. The summed E-state index contributed by atoms with van der Waals surface area (Å²) in [5.41, 5.74) is 2.74. The molecule has 0 saturated carbocycles. The predicted octanol–water partition coefficient (Wildman–Crippen LogP) is 4.78. The lowest BCUT2D eigenvalue weighted by Crippen LogP contribution is -2.38. The van der Waals surface area contributed by atoms with E-state index in [1.807, 2.05) is 25.2 Å². The first kappa shape index (κ1) is 20.5. The Morgan fingerprint density at radius 3 is 2.70 bits per heavy atom. The number of para-hydroxylation sites is 2. The summed E-state index contributed by atoms with van der Waals surface area (Å²) in [6, 6.07) is 6.38. The Balaban J connectivity index is 2.14. The van der Waals surface area contributed by atoms with Crippen LogP contribution in [-0.2, 0) is 4.79 Å². The van der Waals surface area contributed by atoms with Crippen molar-refractivity contribution in [3.63, 3.8) is 0 Å². The average molecular weight is 369 g/mol. The summed E-state index contributed by atoms with van der Waals surface area (Å²) < 4.78 is 5.31. The lowest BCUT2D eigenvalue weighted by atomic mass is 9.98. The molecule has 0 unspecified atom stereocenters. The van der Waals surface area contributed by atoms with Crippen LogP contribution in [0.3, 0.4) is 0 Å². The van der Waals surface area contributed by atoms with Crippen molar-refractivity contribution >= 4 is 11.9 Å². The first-order valence-electron chi connectivity index (χ1n) is 9.25. The number of amides is 1. The molecule has 2 rings (SSSR count). The Morgan fingerprint density at radius 1 is 1.30 bits per heavy atom. The molecule has 1 aliphatic heterocycles. The zero-order chi connectivity index (χ0) is 19.8. The molecule has 0 bridgehead atoms. The summed E-state index contributed by atoms with van der Waals surface area (Å²) in [6.45, 7) is 6.56. The number of ether oxygens (including phenoxy) is 1. The molecule has 0 spiro atoms. The molecule has 0 aromatic heterocycles. The van der Waals surface area contributed by atoms with E-state index in [-0.39, 0.29) is 17.3 Å². The first-order valence-corrected chi connectivity index (χ1v) is 9.25. The van der Waals surface area contributed by atoms with Gasteiger partial charge in [0.05, 0.1) is 0 Å². The van der Waals surface area contributed by atoms with Gasteiger partial charge in [0.15, 0.2) is 17.3 Å². The number of carbonyl (C=O) groups is 2. The van der Waals surface area contributed by atoms with Gasteiger partial charge < -0.3 is 14.7 Å². The SMILES string of the molecule is CCC/C=C/C(=C\C1=C(C)CCN(C(=O)Oc2ccccc2O)C1)C(C)=O. The highest BCUT2D eigenvalue weighted by Gasteiger charge is 2.23. The minimum absolute atomic E-state index is 0.00318. The molecule has 27 heavy (non-hydrogen) atoms. The van der Waals surface area contributed by atoms with Crippen molar-refractivity contribution in [2.75, 3.05) is 13.1 Å². The number of phenolic OH excluding ortho intramolecular Hbond substituents is 1. The number of hydrogen-bond acceptors (Lipinski definition) is 4. The van der Waals surface area contributed by atoms with E-state index in [1.165, 1.54) is 6.07 Å². The molecule has 1 N–H and O–H groups in total. The fraction of sp³-hybridized carbons (Fsp3) is 0.364. The molecule has 1 aromatic rings. The molecule has 1 aliphatic rings. The molecular formula is C22H27NO4. The average Bonchev–Trinajstić information content (AvgIpc) is 2.64. The normalized spacial score (nSPS) is 15.4. The number of nitrogens with zero attached hydrogens (tertiary/aromatic N) is 1. The fourth-order valence-electron chi connectivity index (χ4n) is 2.74. The maximum atomic E-state index is 12.5. The van der Waals surface area contributed by atoms with Crippen molar-refractivity contribution in [2.24, 2.45) is 0 Å². The second kappa shape index (κ2) is 9.76. The Labute approximate surface area is 160 Å². The van der Waals surface area contributed by atoms with Crippen LogP contribution in [-0.4, -0.2) is 35.0 Å². The smallest absolute Gasteiger partial charge is 0.415 e. The van der Waals surface area contributed by atoms with Crippen molar-refractivity contribution in [1.29, 1.82) is 0 Å². The van der Waals surface area contributed by atoms with Gasteiger partial charge in [0.1, 0.15) is 0 Å². The number of ketones is 1. The number of carbonyl (C=O) groups excluding carboxylic acids is 2. The van der Waals surface area contributed by atoms with Crippen LogP contribution in [0.15, 0.2) is 59.2 Å². The van der Waals surface area contributed by atoms with E-state index in [2.05, 4.69) is 6.92 Å². The molecule has 0 aliphatic carbocycles. The predicted molar refractivity (Wildman–Crippen MR) is 106 cm³/mol. The molecule has 1 amide bonds. The van der Waals surface area contributed by atoms with Crippen LogP contribution in [0, 0.1) is 0 Å². The number of phenols is 1. The van der Waals surface area contributed by atoms with Gasteiger partial charge in [-0.3, -0.25) is 4.79 Å². The molecule has 0 fully saturated rings. The Kier molecular flexibility index (Phi) is 7.41. The van der Waals surface area contributed by atoms with E-state index >= 15 is 0 Å². The van der Waals surface area contributed by atoms with Gasteiger partial charge in [-0.25, -0.2) is 4.79 Å². The van der Waals surface area contributed by atoms with Crippen LogP contribution in [0.2, 0.25) is 0 Å². The van der Waals surface area contributed by atoms with Gasteiger partial charge in [-0.2, -0.15) is 0 Å². The number of Topliss-reactive ketones (excluding diaryl/α,β-unsaturated/α-hetero) is 1. The van der Waals surface area contributed by atoms with Gasteiger partial charge in [-0.15, -0.1) is 0 Å². The third-order valence-electron chi connectivity index (χ3n) is 4.48. The summed E-state index contributed by atoms with van der Waals surface area (Å²) in [5.74, 6) is 0.0592. The molecule has 5 nitrogen and oxygen atoms in total. The minimum atomic E-state index is -0.513.